The summed E-state index contributed by atoms with van der Waals surface area (Å²) in [6.45, 7) is 7.34. The maximum atomic E-state index is 11.5. The Labute approximate surface area is 84.8 Å². The third-order valence-corrected chi connectivity index (χ3v) is 2.26. The minimum atomic E-state index is -0.445. The van der Waals surface area contributed by atoms with Crippen molar-refractivity contribution in [3.8, 4) is 0 Å². The number of Topliss-reactive ketones (excluding diaryl/α,β-unsaturated/α-hetero) is 1. The Morgan fingerprint density at radius 3 is 2.29 bits per heavy atom. The van der Waals surface area contributed by atoms with Gasteiger partial charge in [0.15, 0.2) is 0 Å². The minimum Gasteiger partial charge on any atom is -0.460 e. The third-order valence-electron chi connectivity index (χ3n) is 2.26. The molecule has 2 unspecified atom stereocenters. The van der Waals surface area contributed by atoms with Gasteiger partial charge in [-0.05, 0) is 27.2 Å². The highest BCUT2D eigenvalue weighted by atomic mass is 16.6. The van der Waals surface area contributed by atoms with E-state index in [-0.39, 0.29) is 23.6 Å². The second-order valence-electron chi connectivity index (χ2n) is 4.80. The smallest absolute Gasteiger partial charge is 0.310 e. The average Bonchev–Trinajstić information content (AvgIpc) is 2.78. The Kier molecular flexibility index (Phi) is 2.98. The Morgan fingerprint density at radius 1 is 1.29 bits per heavy atom. The molecule has 14 heavy (non-hydrogen) atoms. The van der Waals surface area contributed by atoms with Gasteiger partial charge in [0, 0.05) is 12.3 Å². The van der Waals surface area contributed by atoms with Crippen LogP contribution in [0.15, 0.2) is 0 Å². The summed E-state index contributed by atoms with van der Waals surface area (Å²) in [5.74, 6) is -0.262. The van der Waals surface area contributed by atoms with Gasteiger partial charge in [0.2, 0.25) is 0 Å². The van der Waals surface area contributed by atoms with Gasteiger partial charge < -0.3 is 4.74 Å². The average molecular weight is 198 g/mol. The normalized spacial score (nSPS) is 25.7. The van der Waals surface area contributed by atoms with Gasteiger partial charge >= 0.3 is 5.97 Å². The number of ether oxygens (including phenoxy) is 1. The minimum absolute atomic E-state index is 0.0603. The fourth-order valence-electron chi connectivity index (χ4n) is 1.45. The maximum Gasteiger partial charge on any atom is 0.310 e. The quantitative estimate of drug-likeness (QED) is 0.651. The lowest BCUT2D eigenvalue weighted by Gasteiger charge is -2.19. The Morgan fingerprint density at radius 2 is 1.86 bits per heavy atom. The van der Waals surface area contributed by atoms with Crippen molar-refractivity contribution in [2.75, 3.05) is 0 Å². The molecular formula is C11H18O3. The highest BCUT2D eigenvalue weighted by Gasteiger charge is 2.48. The molecule has 1 fully saturated rings. The number of rotatable bonds is 3. The molecule has 0 amide bonds. The van der Waals surface area contributed by atoms with E-state index in [1.165, 1.54) is 0 Å². The molecule has 0 bridgehead atoms. The van der Waals surface area contributed by atoms with Crippen LogP contribution >= 0.6 is 0 Å². The molecule has 0 aliphatic heterocycles. The molecule has 3 nitrogen and oxygen atoms in total. The summed E-state index contributed by atoms with van der Waals surface area (Å²) in [5.41, 5.74) is -0.445. The summed E-state index contributed by atoms with van der Waals surface area (Å²) in [5, 5.41) is 0. The predicted octanol–water partition coefficient (Wildman–Crippen LogP) is 1.94. The van der Waals surface area contributed by atoms with E-state index in [1.807, 2.05) is 27.7 Å². The molecule has 0 aromatic heterocycles. The first-order chi connectivity index (χ1) is 6.35. The fourth-order valence-corrected chi connectivity index (χ4v) is 1.45. The van der Waals surface area contributed by atoms with Gasteiger partial charge in [-0.25, -0.2) is 0 Å². The van der Waals surface area contributed by atoms with Gasteiger partial charge in [-0.2, -0.15) is 0 Å². The van der Waals surface area contributed by atoms with Crippen molar-refractivity contribution in [2.45, 2.75) is 46.1 Å². The standard InChI is InChI=1S/C11H18O3/c1-5-9(12)7-6-8(7)10(13)14-11(2,3)4/h7-8H,5-6H2,1-4H3. The van der Waals surface area contributed by atoms with Gasteiger partial charge in [-0.15, -0.1) is 0 Å². The van der Waals surface area contributed by atoms with E-state index in [2.05, 4.69) is 0 Å². The zero-order valence-electron chi connectivity index (χ0n) is 9.29. The lowest BCUT2D eigenvalue weighted by atomic mass is 10.1. The van der Waals surface area contributed by atoms with Crippen molar-refractivity contribution in [1.29, 1.82) is 0 Å². The van der Waals surface area contributed by atoms with E-state index in [0.717, 1.165) is 0 Å². The molecule has 0 N–H and O–H groups in total. The van der Waals surface area contributed by atoms with Crippen LogP contribution in [-0.2, 0) is 14.3 Å². The van der Waals surface area contributed by atoms with Crippen molar-refractivity contribution >= 4 is 11.8 Å². The first-order valence-corrected chi connectivity index (χ1v) is 5.10. The summed E-state index contributed by atoms with van der Waals surface area (Å²) in [7, 11) is 0. The summed E-state index contributed by atoms with van der Waals surface area (Å²) in [4.78, 5) is 22.7. The molecule has 0 saturated heterocycles. The zero-order chi connectivity index (χ0) is 10.9. The SMILES string of the molecule is CCC(=O)C1CC1C(=O)OC(C)(C)C. The molecule has 0 aromatic carbocycles. The summed E-state index contributed by atoms with van der Waals surface area (Å²) >= 11 is 0. The first kappa shape index (κ1) is 11.2. The van der Waals surface area contributed by atoms with Gasteiger partial charge in [0.05, 0.1) is 5.92 Å². The van der Waals surface area contributed by atoms with Crippen molar-refractivity contribution < 1.29 is 14.3 Å². The second-order valence-corrected chi connectivity index (χ2v) is 4.80. The molecular weight excluding hydrogens is 180 g/mol. The van der Waals surface area contributed by atoms with E-state index >= 15 is 0 Å². The topological polar surface area (TPSA) is 43.4 Å². The van der Waals surface area contributed by atoms with Gasteiger partial charge in [0.25, 0.3) is 0 Å². The monoisotopic (exact) mass is 198 g/mol. The predicted molar refractivity (Wildman–Crippen MR) is 52.7 cm³/mol. The van der Waals surface area contributed by atoms with Crippen LogP contribution in [0.2, 0.25) is 0 Å². The number of hydrogen-bond acceptors (Lipinski definition) is 3. The van der Waals surface area contributed by atoms with Gasteiger partial charge in [-0.3, -0.25) is 9.59 Å². The number of hydrogen-bond donors (Lipinski definition) is 0. The van der Waals surface area contributed by atoms with Crippen LogP contribution in [0.1, 0.15) is 40.5 Å². The van der Waals surface area contributed by atoms with Gasteiger partial charge in [-0.1, -0.05) is 6.92 Å². The highest BCUT2D eigenvalue weighted by molar-refractivity contribution is 5.91. The Bertz CT molecular complexity index is 250. The molecule has 1 aliphatic carbocycles. The molecule has 0 aromatic rings. The number of carbonyl (C=O) groups excluding carboxylic acids is 2. The van der Waals surface area contributed by atoms with Gasteiger partial charge in [0.1, 0.15) is 11.4 Å². The fraction of sp³-hybridized carbons (Fsp3) is 0.818. The molecule has 0 spiro atoms. The van der Waals surface area contributed by atoms with E-state index in [0.29, 0.717) is 12.8 Å². The molecule has 0 radical (unpaired) electrons. The molecule has 1 aliphatic rings. The van der Waals surface area contributed by atoms with Crippen molar-refractivity contribution in [3.05, 3.63) is 0 Å². The van der Waals surface area contributed by atoms with Crippen molar-refractivity contribution in [2.24, 2.45) is 11.8 Å². The van der Waals surface area contributed by atoms with E-state index in [1.54, 1.807) is 0 Å². The highest BCUT2D eigenvalue weighted by Crippen LogP contribution is 2.41. The largest absolute Gasteiger partial charge is 0.460 e. The molecule has 3 heteroatoms. The molecule has 1 rings (SSSR count). The van der Waals surface area contributed by atoms with Crippen molar-refractivity contribution in [1.82, 2.24) is 0 Å². The summed E-state index contributed by atoms with van der Waals surface area (Å²) < 4.78 is 5.20. The van der Waals surface area contributed by atoms with E-state index in [4.69, 9.17) is 4.74 Å². The van der Waals surface area contributed by atoms with Crippen LogP contribution < -0.4 is 0 Å². The Hall–Kier alpha value is -0.860. The second kappa shape index (κ2) is 3.71. The number of ketones is 1. The maximum absolute atomic E-state index is 11.5. The lowest BCUT2D eigenvalue weighted by molar-refractivity contribution is -0.157. The van der Waals surface area contributed by atoms with Crippen molar-refractivity contribution in [3.63, 3.8) is 0 Å². The summed E-state index contributed by atoms with van der Waals surface area (Å²) in [6.07, 6.45) is 1.20. The van der Waals surface area contributed by atoms with E-state index < -0.39 is 5.60 Å². The molecule has 0 heterocycles. The Balaban J connectivity index is 2.40. The van der Waals surface area contributed by atoms with E-state index in [9.17, 15) is 9.59 Å². The summed E-state index contributed by atoms with van der Waals surface area (Å²) in [6, 6.07) is 0. The lowest BCUT2D eigenvalue weighted by Crippen LogP contribution is -2.25. The number of esters is 1. The first-order valence-electron chi connectivity index (χ1n) is 5.10. The van der Waals surface area contributed by atoms with Crippen LogP contribution in [-0.4, -0.2) is 17.4 Å². The van der Waals surface area contributed by atoms with Crippen LogP contribution in [0.4, 0.5) is 0 Å². The van der Waals surface area contributed by atoms with Crippen LogP contribution in [0.3, 0.4) is 0 Å². The molecule has 2 atom stereocenters. The third kappa shape index (κ3) is 2.82. The van der Waals surface area contributed by atoms with Crippen LogP contribution in [0.5, 0.6) is 0 Å². The number of carbonyl (C=O) groups is 2. The van der Waals surface area contributed by atoms with Crippen LogP contribution in [0.25, 0.3) is 0 Å². The zero-order valence-corrected chi connectivity index (χ0v) is 9.29. The molecule has 80 valence electrons. The van der Waals surface area contributed by atoms with Crippen LogP contribution in [0, 0.1) is 11.8 Å². The molecule has 1 saturated carbocycles.